The van der Waals surface area contributed by atoms with Crippen LogP contribution < -0.4 is 11.3 Å². The van der Waals surface area contributed by atoms with Crippen molar-refractivity contribution >= 4 is 23.2 Å². The first-order valence-electron chi connectivity index (χ1n) is 6.01. The van der Waals surface area contributed by atoms with Crippen LogP contribution in [0.5, 0.6) is 0 Å². The molecule has 1 atom stereocenters. The molecule has 1 unspecified atom stereocenters. The molecule has 1 heterocycles. The van der Waals surface area contributed by atoms with Crippen LogP contribution in [-0.4, -0.2) is 9.78 Å². The lowest BCUT2D eigenvalue weighted by molar-refractivity contribution is 0.574. The van der Waals surface area contributed by atoms with E-state index in [1.165, 1.54) is 0 Å². The largest absolute Gasteiger partial charge is 0.271 e. The van der Waals surface area contributed by atoms with Gasteiger partial charge in [0, 0.05) is 7.05 Å². The summed E-state index contributed by atoms with van der Waals surface area (Å²) in [5, 5.41) is 5.44. The van der Waals surface area contributed by atoms with E-state index < -0.39 is 0 Å². The van der Waals surface area contributed by atoms with Crippen molar-refractivity contribution in [3.05, 3.63) is 51.3 Å². The summed E-state index contributed by atoms with van der Waals surface area (Å²) in [5.41, 5.74) is 5.57. The fraction of sp³-hybridized carbons (Fsp3) is 0.308. The van der Waals surface area contributed by atoms with Crippen LogP contribution in [0.4, 0.5) is 0 Å². The summed E-state index contributed by atoms with van der Waals surface area (Å²) >= 11 is 12.3. The van der Waals surface area contributed by atoms with Crippen molar-refractivity contribution in [2.75, 3.05) is 0 Å². The van der Waals surface area contributed by atoms with E-state index in [0.717, 1.165) is 23.4 Å². The second kappa shape index (κ2) is 5.92. The van der Waals surface area contributed by atoms with Gasteiger partial charge in [0.05, 0.1) is 27.5 Å². The fourth-order valence-electron chi connectivity index (χ4n) is 2.06. The average Bonchev–Trinajstić information content (AvgIpc) is 2.77. The Labute approximate surface area is 122 Å². The number of hydrogen-bond donors (Lipinski definition) is 2. The predicted octanol–water partition coefficient (Wildman–Crippen LogP) is 2.84. The van der Waals surface area contributed by atoms with Crippen LogP contribution in [0.15, 0.2) is 24.3 Å². The number of hydrogen-bond acceptors (Lipinski definition) is 3. The lowest BCUT2D eigenvalue weighted by Gasteiger charge is -2.18. The van der Waals surface area contributed by atoms with Gasteiger partial charge in [0.15, 0.2) is 0 Å². The molecule has 0 aliphatic heterocycles. The fourth-order valence-corrected chi connectivity index (χ4v) is 2.48. The van der Waals surface area contributed by atoms with Crippen molar-refractivity contribution in [1.29, 1.82) is 0 Å². The van der Waals surface area contributed by atoms with Gasteiger partial charge in [-0.05, 0) is 24.1 Å². The first-order valence-corrected chi connectivity index (χ1v) is 6.77. The van der Waals surface area contributed by atoms with Crippen LogP contribution in [0, 0.1) is 0 Å². The molecule has 1 aromatic heterocycles. The van der Waals surface area contributed by atoms with Crippen LogP contribution in [0.2, 0.25) is 10.0 Å². The molecule has 0 saturated carbocycles. The van der Waals surface area contributed by atoms with E-state index in [1.807, 2.05) is 25.2 Å². The van der Waals surface area contributed by atoms with Crippen molar-refractivity contribution in [2.24, 2.45) is 12.9 Å². The highest BCUT2D eigenvalue weighted by molar-refractivity contribution is 6.42. The highest BCUT2D eigenvalue weighted by atomic mass is 35.5. The molecule has 0 aliphatic rings. The molecule has 1 aromatic carbocycles. The number of aromatic nitrogens is 2. The summed E-state index contributed by atoms with van der Waals surface area (Å²) in [5.74, 6) is 5.68. The van der Waals surface area contributed by atoms with Gasteiger partial charge in [0.2, 0.25) is 0 Å². The standard InChI is InChI=1S/C13H16Cl2N4/c1-3-8-7-11(19(2)18-8)13(17-16)9-5-4-6-10(14)12(9)15/h4-7,13,17H,3,16H2,1-2H3. The molecule has 102 valence electrons. The third kappa shape index (κ3) is 2.77. The van der Waals surface area contributed by atoms with E-state index in [2.05, 4.69) is 17.4 Å². The lowest BCUT2D eigenvalue weighted by atomic mass is 10.0. The van der Waals surface area contributed by atoms with Crippen LogP contribution >= 0.6 is 23.2 Å². The number of rotatable bonds is 4. The second-order valence-electron chi connectivity index (χ2n) is 4.28. The Morgan fingerprint density at radius 1 is 1.42 bits per heavy atom. The molecular formula is C13H16Cl2N4. The molecule has 0 fully saturated rings. The SMILES string of the molecule is CCc1cc(C(NN)c2cccc(Cl)c2Cl)n(C)n1. The van der Waals surface area contributed by atoms with E-state index in [9.17, 15) is 0 Å². The van der Waals surface area contributed by atoms with Gasteiger partial charge >= 0.3 is 0 Å². The summed E-state index contributed by atoms with van der Waals surface area (Å²) in [4.78, 5) is 0. The number of halogens is 2. The number of aryl methyl sites for hydroxylation is 2. The third-order valence-electron chi connectivity index (χ3n) is 3.08. The Morgan fingerprint density at radius 2 is 2.16 bits per heavy atom. The summed E-state index contributed by atoms with van der Waals surface area (Å²) in [6.07, 6.45) is 0.869. The Bertz CT molecular complexity index is 580. The van der Waals surface area contributed by atoms with Crippen LogP contribution in [-0.2, 0) is 13.5 Å². The van der Waals surface area contributed by atoms with Gasteiger partial charge in [-0.3, -0.25) is 10.5 Å². The van der Waals surface area contributed by atoms with E-state index >= 15 is 0 Å². The van der Waals surface area contributed by atoms with Crippen LogP contribution in [0.3, 0.4) is 0 Å². The van der Waals surface area contributed by atoms with Gasteiger partial charge in [-0.15, -0.1) is 0 Å². The van der Waals surface area contributed by atoms with Crippen molar-refractivity contribution in [1.82, 2.24) is 15.2 Å². The Morgan fingerprint density at radius 3 is 2.74 bits per heavy atom. The molecule has 2 aromatic rings. The van der Waals surface area contributed by atoms with Gasteiger partial charge in [-0.1, -0.05) is 42.3 Å². The second-order valence-corrected chi connectivity index (χ2v) is 5.07. The lowest BCUT2D eigenvalue weighted by Crippen LogP contribution is -2.30. The first-order chi connectivity index (χ1) is 9.08. The normalized spacial score (nSPS) is 12.7. The average molecular weight is 299 g/mol. The molecule has 2 rings (SSSR count). The minimum atomic E-state index is -0.246. The maximum absolute atomic E-state index is 6.25. The predicted molar refractivity (Wildman–Crippen MR) is 78.2 cm³/mol. The summed E-state index contributed by atoms with van der Waals surface area (Å²) in [6, 6.07) is 7.27. The zero-order valence-electron chi connectivity index (χ0n) is 10.8. The zero-order valence-corrected chi connectivity index (χ0v) is 12.3. The molecule has 19 heavy (non-hydrogen) atoms. The summed E-state index contributed by atoms with van der Waals surface area (Å²) < 4.78 is 1.81. The molecule has 0 spiro atoms. The van der Waals surface area contributed by atoms with Crippen molar-refractivity contribution in [3.63, 3.8) is 0 Å². The van der Waals surface area contributed by atoms with Gasteiger partial charge in [0.25, 0.3) is 0 Å². The Balaban J connectivity index is 2.49. The maximum atomic E-state index is 6.25. The van der Waals surface area contributed by atoms with Crippen molar-refractivity contribution in [3.8, 4) is 0 Å². The van der Waals surface area contributed by atoms with E-state index in [4.69, 9.17) is 29.0 Å². The minimum Gasteiger partial charge on any atom is -0.271 e. The van der Waals surface area contributed by atoms with Gasteiger partial charge in [-0.25, -0.2) is 5.43 Å². The minimum absolute atomic E-state index is 0.246. The third-order valence-corrected chi connectivity index (χ3v) is 3.92. The number of nitrogens with two attached hydrogens (primary N) is 1. The first kappa shape index (κ1) is 14.3. The van der Waals surface area contributed by atoms with E-state index in [0.29, 0.717) is 10.0 Å². The zero-order chi connectivity index (χ0) is 14.0. The Kier molecular flexibility index (Phi) is 4.47. The molecule has 0 aliphatic carbocycles. The van der Waals surface area contributed by atoms with E-state index in [-0.39, 0.29) is 6.04 Å². The van der Waals surface area contributed by atoms with Crippen LogP contribution in [0.25, 0.3) is 0 Å². The topological polar surface area (TPSA) is 55.9 Å². The number of benzene rings is 1. The van der Waals surface area contributed by atoms with Crippen molar-refractivity contribution in [2.45, 2.75) is 19.4 Å². The van der Waals surface area contributed by atoms with E-state index in [1.54, 1.807) is 10.7 Å². The number of hydrazine groups is 1. The molecule has 6 heteroatoms. The molecule has 0 radical (unpaired) electrons. The van der Waals surface area contributed by atoms with Gasteiger partial charge < -0.3 is 0 Å². The smallest absolute Gasteiger partial charge is 0.0893 e. The monoisotopic (exact) mass is 298 g/mol. The molecule has 4 nitrogen and oxygen atoms in total. The molecule has 0 amide bonds. The summed E-state index contributed by atoms with van der Waals surface area (Å²) in [7, 11) is 1.89. The van der Waals surface area contributed by atoms with Gasteiger partial charge in [0.1, 0.15) is 0 Å². The maximum Gasteiger partial charge on any atom is 0.0893 e. The molecular weight excluding hydrogens is 283 g/mol. The quantitative estimate of drug-likeness (QED) is 0.674. The summed E-state index contributed by atoms with van der Waals surface area (Å²) in [6.45, 7) is 2.06. The van der Waals surface area contributed by atoms with Gasteiger partial charge in [-0.2, -0.15) is 5.10 Å². The van der Waals surface area contributed by atoms with Crippen molar-refractivity contribution < 1.29 is 0 Å². The number of nitrogens with zero attached hydrogens (tertiary/aromatic N) is 2. The Hall–Kier alpha value is -1.07. The highest BCUT2D eigenvalue weighted by Gasteiger charge is 2.20. The highest BCUT2D eigenvalue weighted by Crippen LogP contribution is 2.32. The molecule has 0 saturated heterocycles. The number of nitrogens with one attached hydrogen (secondary N) is 1. The molecule has 3 N–H and O–H groups in total. The van der Waals surface area contributed by atoms with Crippen LogP contribution in [0.1, 0.15) is 29.9 Å². The molecule has 0 bridgehead atoms.